The fraction of sp³-hybridized carbons (Fsp3) is 0.263. The lowest BCUT2D eigenvalue weighted by Crippen LogP contribution is -2.33. The molecule has 0 radical (unpaired) electrons. The second kappa shape index (κ2) is 6.30. The molecule has 1 fully saturated rings. The Labute approximate surface area is 151 Å². The molecule has 2 aromatic rings. The van der Waals surface area contributed by atoms with Crippen molar-refractivity contribution in [2.75, 3.05) is 29.5 Å². The summed E-state index contributed by atoms with van der Waals surface area (Å²) in [4.78, 5) is 15.8. The van der Waals surface area contributed by atoms with Crippen LogP contribution >= 0.6 is 11.6 Å². The molecule has 0 N–H and O–H groups in total. The van der Waals surface area contributed by atoms with Gasteiger partial charge < -0.3 is 9.64 Å². The van der Waals surface area contributed by atoms with Gasteiger partial charge in [0.1, 0.15) is 12.7 Å². The summed E-state index contributed by atoms with van der Waals surface area (Å²) in [6, 6.07) is 13.6. The van der Waals surface area contributed by atoms with E-state index >= 15 is 0 Å². The number of nitrogens with zero attached hydrogens (tertiary/aromatic N) is 3. The van der Waals surface area contributed by atoms with Gasteiger partial charge in [-0.1, -0.05) is 23.7 Å². The second-order valence-corrected chi connectivity index (χ2v) is 6.56. The van der Waals surface area contributed by atoms with Crippen LogP contribution in [0.2, 0.25) is 5.02 Å². The molecule has 2 aliphatic rings. The van der Waals surface area contributed by atoms with Crippen LogP contribution in [0.25, 0.3) is 0 Å². The van der Waals surface area contributed by atoms with Gasteiger partial charge in [-0.15, -0.1) is 0 Å². The Hall–Kier alpha value is -2.71. The Kier molecular flexibility index (Phi) is 3.98. The van der Waals surface area contributed by atoms with Crippen LogP contribution in [0.15, 0.2) is 36.4 Å². The number of carbonyl (C=O) groups excluding carboxylic acids is 1. The number of benzene rings is 2. The number of halogens is 1. The lowest BCUT2D eigenvalue weighted by atomic mass is 9.96. The van der Waals surface area contributed by atoms with Crippen LogP contribution in [-0.4, -0.2) is 25.8 Å². The highest BCUT2D eigenvalue weighted by atomic mass is 35.5. The molecule has 2 heterocycles. The number of carbonyl (C=O) groups is 1. The molecular weight excluding hydrogens is 338 g/mol. The fourth-order valence-electron chi connectivity index (χ4n) is 3.52. The smallest absolute Gasteiger partial charge is 0.414 e. The van der Waals surface area contributed by atoms with Crippen molar-refractivity contribution in [1.29, 1.82) is 5.26 Å². The van der Waals surface area contributed by atoms with Crippen molar-refractivity contribution in [1.82, 2.24) is 0 Å². The highest BCUT2D eigenvalue weighted by molar-refractivity contribution is 6.30. The third kappa shape index (κ3) is 2.79. The number of cyclic esters (lactones) is 1. The van der Waals surface area contributed by atoms with Gasteiger partial charge in [0.15, 0.2) is 0 Å². The first kappa shape index (κ1) is 15.8. The minimum absolute atomic E-state index is 0.280. The summed E-state index contributed by atoms with van der Waals surface area (Å²) in [5.74, 6) is 0. The van der Waals surface area contributed by atoms with Gasteiger partial charge in [0.05, 0.1) is 23.5 Å². The Balaban J connectivity index is 1.68. The number of rotatable bonds is 2. The molecule has 1 saturated heterocycles. The lowest BCUT2D eigenvalue weighted by molar-refractivity contribution is 0.181. The molecule has 2 aromatic carbocycles. The topological polar surface area (TPSA) is 56.6 Å². The van der Waals surface area contributed by atoms with E-state index in [2.05, 4.69) is 17.0 Å². The Morgan fingerprint density at radius 1 is 1.16 bits per heavy atom. The minimum atomic E-state index is -0.280. The van der Waals surface area contributed by atoms with Crippen molar-refractivity contribution in [3.05, 3.63) is 58.1 Å². The van der Waals surface area contributed by atoms with Crippen LogP contribution < -0.4 is 9.80 Å². The number of hydrogen-bond donors (Lipinski definition) is 0. The zero-order valence-electron chi connectivity index (χ0n) is 13.5. The molecular formula is C19H16ClN3O2. The van der Waals surface area contributed by atoms with Crippen LogP contribution in [0.1, 0.15) is 16.7 Å². The third-order valence-electron chi connectivity index (χ3n) is 4.71. The number of amides is 1. The fourth-order valence-corrected chi connectivity index (χ4v) is 3.69. The van der Waals surface area contributed by atoms with Gasteiger partial charge in [0.2, 0.25) is 0 Å². The van der Waals surface area contributed by atoms with E-state index in [4.69, 9.17) is 16.3 Å². The molecule has 0 atom stereocenters. The van der Waals surface area contributed by atoms with Crippen molar-refractivity contribution < 1.29 is 9.53 Å². The molecule has 0 bridgehead atoms. The Bertz CT molecular complexity index is 891. The van der Waals surface area contributed by atoms with Crippen molar-refractivity contribution in [3.63, 3.8) is 0 Å². The summed E-state index contributed by atoms with van der Waals surface area (Å²) in [6.07, 6.45) is 0.518. The van der Waals surface area contributed by atoms with Crippen LogP contribution in [0.5, 0.6) is 0 Å². The van der Waals surface area contributed by atoms with E-state index in [-0.39, 0.29) is 6.09 Å². The lowest BCUT2D eigenvalue weighted by Gasteiger charge is -2.33. The maximum atomic E-state index is 11.9. The van der Waals surface area contributed by atoms with Gasteiger partial charge in [-0.05, 0) is 41.8 Å². The van der Waals surface area contributed by atoms with Crippen LogP contribution in [0.4, 0.5) is 16.2 Å². The number of ether oxygens (including phenoxy) is 1. The molecule has 0 saturated carbocycles. The van der Waals surface area contributed by atoms with E-state index < -0.39 is 0 Å². The van der Waals surface area contributed by atoms with Crippen molar-refractivity contribution in [2.45, 2.75) is 13.0 Å². The molecule has 126 valence electrons. The van der Waals surface area contributed by atoms with E-state index in [0.717, 1.165) is 29.9 Å². The molecule has 5 nitrogen and oxygen atoms in total. The van der Waals surface area contributed by atoms with E-state index in [0.29, 0.717) is 30.3 Å². The summed E-state index contributed by atoms with van der Waals surface area (Å²) >= 11 is 6.13. The van der Waals surface area contributed by atoms with Crippen LogP contribution in [-0.2, 0) is 17.7 Å². The van der Waals surface area contributed by atoms with Gasteiger partial charge in [-0.25, -0.2) is 4.79 Å². The maximum Gasteiger partial charge on any atom is 0.414 e. The molecule has 6 heteroatoms. The quantitative estimate of drug-likeness (QED) is 0.825. The summed E-state index contributed by atoms with van der Waals surface area (Å²) in [6.45, 7) is 2.47. The highest BCUT2D eigenvalue weighted by Gasteiger charge is 2.28. The molecule has 0 spiro atoms. The number of nitriles is 1. The molecule has 1 amide bonds. The average Bonchev–Trinajstić information content (AvgIpc) is 3.06. The molecule has 0 unspecified atom stereocenters. The SMILES string of the molecule is N#Cc1ccc(Cl)cc1N1CCc2c(cccc2N2CCOC2=O)C1. The normalized spacial score (nSPS) is 16.4. The van der Waals surface area contributed by atoms with Crippen molar-refractivity contribution >= 4 is 29.1 Å². The van der Waals surface area contributed by atoms with E-state index in [1.807, 2.05) is 18.2 Å². The van der Waals surface area contributed by atoms with E-state index in [1.165, 1.54) is 5.56 Å². The summed E-state index contributed by atoms with van der Waals surface area (Å²) < 4.78 is 5.07. The van der Waals surface area contributed by atoms with Crippen molar-refractivity contribution in [2.24, 2.45) is 0 Å². The molecule has 4 rings (SSSR count). The number of hydrogen-bond acceptors (Lipinski definition) is 4. The average molecular weight is 354 g/mol. The standard InChI is InChI=1S/C19H16ClN3O2/c20-15-5-4-13(11-21)18(10-15)22-7-6-16-14(12-22)2-1-3-17(16)23-8-9-25-19(23)24/h1-5,10H,6-9,12H2. The minimum Gasteiger partial charge on any atom is -0.447 e. The summed E-state index contributed by atoms with van der Waals surface area (Å²) in [5, 5.41) is 9.99. The monoisotopic (exact) mass is 353 g/mol. The third-order valence-corrected chi connectivity index (χ3v) is 4.95. The second-order valence-electron chi connectivity index (χ2n) is 6.13. The first-order chi connectivity index (χ1) is 12.2. The molecule has 0 aliphatic carbocycles. The van der Waals surface area contributed by atoms with Gasteiger partial charge in [-0.3, -0.25) is 4.90 Å². The molecule has 0 aromatic heterocycles. The first-order valence-electron chi connectivity index (χ1n) is 8.17. The van der Waals surface area contributed by atoms with Crippen LogP contribution in [0.3, 0.4) is 0 Å². The zero-order chi connectivity index (χ0) is 17.4. The van der Waals surface area contributed by atoms with E-state index in [9.17, 15) is 10.1 Å². The highest BCUT2D eigenvalue weighted by Crippen LogP contribution is 2.34. The Morgan fingerprint density at radius 3 is 2.80 bits per heavy atom. The largest absolute Gasteiger partial charge is 0.447 e. The molecule has 2 aliphatic heterocycles. The van der Waals surface area contributed by atoms with Gasteiger partial charge >= 0.3 is 6.09 Å². The first-order valence-corrected chi connectivity index (χ1v) is 8.55. The predicted molar refractivity (Wildman–Crippen MR) is 96.1 cm³/mol. The van der Waals surface area contributed by atoms with E-state index in [1.54, 1.807) is 17.0 Å². The summed E-state index contributed by atoms with van der Waals surface area (Å²) in [7, 11) is 0. The predicted octanol–water partition coefficient (Wildman–Crippen LogP) is 3.73. The zero-order valence-corrected chi connectivity index (χ0v) is 14.3. The van der Waals surface area contributed by atoms with Crippen molar-refractivity contribution in [3.8, 4) is 6.07 Å². The van der Waals surface area contributed by atoms with Gasteiger partial charge in [0, 0.05) is 18.1 Å². The number of fused-ring (bicyclic) bond motifs is 1. The summed E-state index contributed by atoms with van der Waals surface area (Å²) in [5.41, 5.74) is 4.75. The van der Waals surface area contributed by atoms with Gasteiger partial charge in [-0.2, -0.15) is 5.26 Å². The van der Waals surface area contributed by atoms with Gasteiger partial charge in [0.25, 0.3) is 0 Å². The molecule has 25 heavy (non-hydrogen) atoms. The van der Waals surface area contributed by atoms with Crippen LogP contribution in [0, 0.1) is 11.3 Å². The Morgan fingerprint density at radius 2 is 2.04 bits per heavy atom. The number of anilines is 2. The maximum absolute atomic E-state index is 11.9.